The van der Waals surface area contributed by atoms with Crippen molar-refractivity contribution < 1.29 is 15.0 Å². The molecule has 1 atom stereocenters. The fourth-order valence-electron chi connectivity index (χ4n) is 3.84. The molecule has 1 amide bonds. The van der Waals surface area contributed by atoms with Crippen LogP contribution >= 0.6 is 0 Å². The zero-order valence-corrected chi connectivity index (χ0v) is 16.0. The van der Waals surface area contributed by atoms with Gasteiger partial charge < -0.3 is 15.1 Å². The second-order valence-electron chi connectivity index (χ2n) is 7.30. The minimum absolute atomic E-state index is 0.0176. The Balaban J connectivity index is 1.74. The summed E-state index contributed by atoms with van der Waals surface area (Å²) < 4.78 is 0. The Hall–Kier alpha value is -3.78. The predicted molar refractivity (Wildman–Crippen MR) is 111 cm³/mol. The maximum absolute atomic E-state index is 13.2. The van der Waals surface area contributed by atoms with E-state index in [4.69, 9.17) is 5.26 Å². The van der Waals surface area contributed by atoms with Gasteiger partial charge in [0.05, 0.1) is 17.2 Å². The van der Waals surface area contributed by atoms with Gasteiger partial charge in [-0.1, -0.05) is 18.2 Å². The summed E-state index contributed by atoms with van der Waals surface area (Å²) in [6.45, 7) is 1.99. The number of anilines is 1. The van der Waals surface area contributed by atoms with Crippen molar-refractivity contribution in [2.45, 2.75) is 25.8 Å². The Morgan fingerprint density at radius 1 is 1.07 bits per heavy atom. The molecule has 2 N–H and O–H groups in total. The number of benzene rings is 3. The Bertz CT molecular complexity index is 1150. The van der Waals surface area contributed by atoms with E-state index in [1.807, 2.05) is 37.3 Å². The van der Waals surface area contributed by atoms with Crippen molar-refractivity contribution in [2.75, 3.05) is 4.90 Å². The molecule has 3 aromatic rings. The number of nitrogens with zero attached hydrogens (tertiary/aromatic N) is 2. The first kappa shape index (κ1) is 18.6. The van der Waals surface area contributed by atoms with E-state index < -0.39 is 0 Å². The molecule has 0 unspecified atom stereocenters. The zero-order chi connectivity index (χ0) is 20.5. The maximum atomic E-state index is 13.2. The number of nitriles is 1. The van der Waals surface area contributed by atoms with Crippen molar-refractivity contribution in [1.29, 1.82) is 5.26 Å². The normalized spacial score (nSPS) is 15.4. The monoisotopic (exact) mass is 384 g/mol. The summed E-state index contributed by atoms with van der Waals surface area (Å²) in [5.41, 5.74) is 4.59. The van der Waals surface area contributed by atoms with Crippen LogP contribution in [0.4, 0.5) is 5.69 Å². The number of rotatable bonds is 2. The van der Waals surface area contributed by atoms with Crippen molar-refractivity contribution >= 4 is 11.6 Å². The second kappa shape index (κ2) is 7.33. The fourth-order valence-corrected chi connectivity index (χ4v) is 3.84. The quantitative estimate of drug-likeness (QED) is 0.675. The van der Waals surface area contributed by atoms with Gasteiger partial charge in [0.25, 0.3) is 5.91 Å². The summed E-state index contributed by atoms with van der Waals surface area (Å²) in [6, 6.07) is 19.5. The first-order valence-electron chi connectivity index (χ1n) is 9.47. The van der Waals surface area contributed by atoms with E-state index in [1.165, 1.54) is 18.2 Å². The van der Waals surface area contributed by atoms with Crippen LogP contribution in [0.2, 0.25) is 0 Å². The molecule has 1 aliphatic heterocycles. The number of carbonyl (C=O) groups is 1. The van der Waals surface area contributed by atoms with Gasteiger partial charge in [-0.15, -0.1) is 0 Å². The molecule has 144 valence electrons. The number of amides is 1. The number of fused-ring (bicyclic) bond motifs is 1. The van der Waals surface area contributed by atoms with Gasteiger partial charge in [0, 0.05) is 17.8 Å². The van der Waals surface area contributed by atoms with E-state index in [0.717, 1.165) is 35.2 Å². The van der Waals surface area contributed by atoms with E-state index in [1.54, 1.807) is 11.0 Å². The third-order valence-corrected chi connectivity index (χ3v) is 5.37. The maximum Gasteiger partial charge on any atom is 0.262 e. The lowest BCUT2D eigenvalue weighted by Crippen LogP contribution is -2.42. The van der Waals surface area contributed by atoms with Crippen LogP contribution in [0.1, 0.15) is 34.8 Å². The number of phenolic OH excluding ortho intramolecular Hbond substituents is 2. The molecule has 5 nitrogen and oxygen atoms in total. The van der Waals surface area contributed by atoms with Gasteiger partial charge >= 0.3 is 0 Å². The first-order chi connectivity index (χ1) is 14.0. The highest BCUT2D eigenvalue weighted by Gasteiger charge is 2.30. The zero-order valence-electron chi connectivity index (χ0n) is 16.0. The summed E-state index contributed by atoms with van der Waals surface area (Å²) in [7, 11) is 0. The highest BCUT2D eigenvalue weighted by atomic mass is 16.3. The smallest absolute Gasteiger partial charge is 0.262 e. The summed E-state index contributed by atoms with van der Waals surface area (Å²) in [6.07, 6.45) is 1.65. The largest absolute Gasteiger partial charge is 0.508 e. The molecule has 3 aromatic carbocycles. The topological polar surface area (TPSA) is 84.6 Å². The van der Waals surface area contributed by atoms with Gasteiger partial charge in [-0.3, -0.25) is 4.79 Å². The van der Waals surface area contributed by atoms with Crippen LogP contribution in [0.5, 0.6) is 11.5 Å². The highest BCUT2D eigenvalue weighted by Crippen LogP contribution is 2.36. The van der Waals surface area contributed by atoms with Crippen LogP contribution < -0.4 is 4.90 Å². The van der Waals surface area contributed by atoms with E-state index >= 15 is 0 Å². The average molecular weight is 384 g/mol. The van der Waals surface area contributed by atoms with Gasteiger partial charge in [-0.05, 0) is 72.9 Å². The molecule has 0 bridgehead atoms. The number of hydrogen-bond acceptors (Lipinski definition) is 4. The van der Waals surface area contributed by atoms with Crippen molar-refractivity contribution in [3.63, 3.8) is 0 Å². The van der Waals surface area contributed by atoms with Gasteiger partial charge in [-0.25, -0.2) is 0 Å². The standard InChI is InChI=1S/C24H20N2O3/c1-15-5-6-19-12-18(17-4-2-3-16(11-17)14-25)7-10-22(19)26(15)24(29)21-9-8-20(27)13-23(21)28/h2-4,7-13,15,27-28H,5-6H2,1H3/t15-/m0/s1. The number of aryl methyl sites for hydroxylation is 1. The molecule has 0 aromatic heterocycles. The summed E-state index contributed by atoms with van der Waals surface area (Å²) in [5.74, 6) is -0.621. The van der Waals surface area contributed by atoms with Gasteiger partial charge in [0.1, 0.15) is 11.5 Å². The van der Waals surface area contributed by atoms with E-state index in [9.17, 15) is 15.0 Å². The van der Waals surface area contributed by atoms with Crippen LogP contribution in [0.25, 0.3) is 11.1 Å². The summed E-state index contributed by atoms with van der Waals surface area (Å²) >= 11 is 0. The van der Waals surface area contributed by atoms with E-state index in [2.05, 4.69) is 12.1 Å². The van der Waals surface area contributed by atoms with Crippen LogP contribution in [-0.2, 0) is 6.42 Å². The molecule has 5 heteroatoms. The van der Waals surface area contributed by atoms with E-state index in [-0.39, 0.29) is 29.0 Å². The molecule has 0 spiro atoms. The predicted octanol–water partition coefficient (Wildman–Crippen LogP) is 4.62. The molecule has 4 rings (SSSR count). The third-order valence-electron chi connectivity index (χ3n) is 5.37. The fraction of sp³-hybridized carbons (Fsp3) is 0.167. The third kappa shape index (κ3) is 3.41. The minimum Gasteiger partial charge on any atom is -0.508 e. The van der Waals surface area contributed by atoms with Gasteiger partial charge in [-0.2, -0.15) is 5.26 Å². The molecular formula is C24H20N2O3. The summed E-state index contributed by atoms with van der Waals surface area (Å²) in [4.78, 5) is 14.9. The molecule has 0 radical (unpaired) electrons. The lowest BCUT2D eigenvalue weighted by Gasteiger charge is -2.35. The molecule has 1 heterocycles. The van der Waals surface area contributed by atoms with Crippen molar-refractivity contribution in [2.24, 2.45) is 0 Å². The number of aromatic hydroxyl groups is 2. The number of carbonyl (C=O) groups excluding carboxylic acids is 1. The molecule has 29 heavy (non-hydrogen) atoms. The lowest BCUT2D eigenvalue weighted by molar-refractivity contribution is 0.0972. The number of hydrogen-bond donors (Lipinski definition) is 2. The molecule has 1 aliphatic rings. The molecule has 0 saturated carbocycles. The van der Waals surface area contributed by atoms with Crippen molar-refractivity contribution in [1.82, 2.24) is 0 Å². The molecule has 0 fully saturated rings. The first-order valence-corrected chi connectivity index (χ1v) is 9.47. The van der Waals surface area contributed by atoms with Crippen LogP contribution in [0, 0.1) is 11.3 Å². The number of phenols is 2. The van der Waals surface area contributed by atoms with E-state index in [0.29, 0.717) is 5.56 Å². The molecule has 0 saturated heterocycles. The Morgan fingerprint density at radius 3 is 2.62 bits per heavy atom. The minimum atomic E-state index is -0.296. The van der Waals surface area contributed by atoms with Gasteiger partial charge in [0.15, 0.2) is 0 Å². The van der Waals surface area contributed by atoms with Crippen LogP contribution in [0.15, 0.2) is 60.7 Å². The second-order valence-corrected chi connectivity index (χ2v) is 7.30. The highest BCUT2D eigenvalue weighted by molar-refractivity contribution is 6.09. The lowest BCUT2D eigenvalue weighted by atomic mass is 9.92. The van der Waals surface area contributed by atoms with Gasteiger partial charge in [0.2, 0.25) is 0 Å². The molecule has 0 aliphatic carbocycles. The Labute approximate surface area is 169 Å². The Morgan fingerprint density at radius 2 is 1.86 bits per heavy atom. The van der Waals surface area contributed by atoms with Crippen LogP contribution in [0.3, 0.4) is 0 Å². The molecular weight excluding hydrogens is 364 g/mol. The van der Waals surface area contributed by atoms with Crippen molar-refractivity contribution in [3.05, 3.63) is 77.4 Å². The van der Waals surface area contributed by atoms with Crippen molar-refractivity contribution in [3.8, 4) is 28.7 Å². The Kier molecular flexibility index (Phi) is 4.69. The van der Waals surface area contributed by atoms with Crippen LogP contribution in [-0.4, -0.2) is 22.2 Å². The average Bonchev–Trinajstić information content (AvgIpc) is 2.73. The SMILES string of the molecule is C[C@H]1CCc2cc(-c3cccc(C#N)c3)ccc2N1C(=O)c1ccc(O)cc1O. The summed E-state index contributed by atoms with van der Waals surface area (Å²) in [5, 5.41) is 28.8.